The van der Waals surface area contributed by atoms with Crippen molar-refractivity contribution in [1.82, 2.24) is 4.90 Å². The van der Waals surface area contributed by atoms with Crippen LogP contribution in [0.25, 0.3) is 0 Å². The molecule has 0 aromatic heterocycles. The number of rotatable bonds is 6. The molecule has 0 saturated carbocycles. The number of anilines is 1. The number of carbonyl (C=O) groups excluding carboxylic acids is 1. The first-order valence-corrected chi connectivity index (χ1v) is 8.31. The summed E-state index contributed by atoms with van der Waals surface area (Å²) in [6.07, 6.45) is 1.97. The summed E-state index contributed by atoms with van der Waals surface area (Å²) >= 11 is 1.58. The van der Waals surface area contributed by atoms with E-state index in [9.17, 15) is 9.90 Å². The Kier molecular flexibility index (Phi) is 6.30. The highest BCUT2D eigenvalue weighted by atomic mass is 32.2. The van der Waals surface area contributed by atoms with Crippen molar-refractivity contribution in [2.75, 3.05) is 24.7 Å². The number of amides is 2. The van der Waals surface area contributed by atoms with Crippen LogP contribution in [0.4, 0.5) is 10.5 Å². The molecule has 0 aliphatic heterocycles. The number of carbonyl (C=O) groups is 1. The number of aliphatic hydroxyl groups excluding tert-OH is 1. The minimum Gasteiger partial charge on any atom is -0.395 e. The van der Waals surface area contributed by atoms with Gasteiger partial charge in [0, 0.05) is 18.0 Å². The van der Waals surface area contributed by atoms with E-state index in [2.05, 4.69) is 5.32 Å². The summed E-state index contributed by atoms with van der Waals surface area (Å²) in [5, 5.41) is 12.1. The van der Waals surface area contributed by atoms with Crippen molar-refractivity contribution in [3.05, 3.63) is 60.2 Å². The molecule has 0 saturated heterocycles. The number of hydrogen-bond donors (Lipinski definition) is 2. The Morgan fingerprint density at radius 2 is 1.82 bits per heavy atom. The number of para-hydroxylation sites is 1. The van der Waals surface area contributed by atoms with Gasteiger partial charge in [-0.05, 0) is 24.0 Å². The van der Waals surface area contributed by atoms with Gasteiger partial charge in [0.15, 0.2) is 0 Å². The number of hydrogen-bond acceptors (Lipinski definition) is 3. The molecule has 4 nitrogen and oxygen atoms in total. The highest BCUT2D eigenvalue weighted by molar-refractivity contribution is 7.98. The summed E-state index contributed by atoms with van der Waals surface area (Å²) in [6.45, 7) is 0.696. The van der Waals surface area contributed by atoms with E-state index in [-0.39, 0.29) is 12.6 Å². The summed E-state index contributed by atoms with van der Waals surface area (Å²) < 4.78 is 0. The Labute approximate surface area is 135 Å². The summed E-state index contributed by atoms with van der Waals surface area (Å²) in [4.78, 5) is 15.1. The van der Waals surface area contributed by atoms with E-state index in [4.69, 9.17) is 0 Å². The van der Waals surface area contributed by atoms with Crippen molar-refractivity contribution < 1.29 is 9.90 Å². The van der Waals surface area contributed by atoms with Crippen LogP contribution in [-0.4, -0.2) is 35.4 Å². The Morgan fingerprint density at radius 3 is 2.50 bits per heavy atom. The molecule has 0 bridgehead atoms. The zero-order valence-corrected chi connectivity index (χ0v) is 13.3. The SMILES string of the molecule is CSc1ccccc1NC(=O)N(CCO)Cc1ccccc1. The van der Waals surface area contributed by atoms with E-state index in [1.807, 2.05) is 60.9 Å². The molecule has 2 amide bonds. The maximum absolute atomic E-state index is 12.5. The molecular formula is C17H20N2O2S. The molecule has 0 radical (unpaired) electrons. The molecule has 0 spiro atoms. The molecule has 2 aromatic rings. The fourth-order valence-electron chi connectivity index (χ4n) is 2.12. The van der Waals surface area contributed by atoms with Crippen LogP contribution >= 0.6 is 11.8 Å². The van der Waals surface area contributed by atoms with Gasteiger partial charge in [0.2, 0.25) is 0 Å². The van der Waals surface area contributed by atoms with Crippen LogP contribution in [0.1, 0.15) is 5.56 Å². The number of aliphatic hydroxyl groups is 1. The van der Waals surface area contributed by atoms with Crippen molar-refractivity contribution in [2.24, 2.45) is 0 Å². The van der Waals surface area contributed by atoms with Crippen molar-refractivity contribution in [2.45, 2.75) is 11.4 Å². The standard InChI is InChI=1S/C17H20N2O2S/c1-22-16-10-6-5-9-15(16)18-17(21)19(11-12-20)13-14-7-3-2-4-8-14/h2-10,20H,11-13H2,1H3,(H,18,21). The number of urea groups is 1. The van der Waals surface area contributed by atoms with Gasteiger partial charge in [-0.1, -0.05) is 42.5 Å². The second kappa shape index (κ2) is 8.46. The third-order valence-corrected chi connectivity index (χ3v) is 4.02. The highest BCUT2D eigenvalue weighted by Gasteiger charge is 2.14. The van der Waals surface area contributed by atoms with Crippen LogP contribution < -0.4 is 5.32 Å². The lowest BCUT2D eigenvalue weighted by Gasteiger charge is -2.23. The molecule has 0 aliphatic rings. The lowest BCUT2D eigenvalue weighted by Crippen LogP contribution is -2.36. The zero-order chi connectivity index (χ0) is 15.8. The molecule has 116 valence electrons. The van der Waals surface area contributed by atoms with Crippen molar-refractivity contribution in [3.8, 4) is 0 Å². The Balaban J connectivity index is 2.09. The largest absolute Gasteiger partial charge is 0.395 e. The van der Waals surface area contributed by atoms with E-state index < -0.39 is 0 Å². The van der Waals surface area contributed by atoms with Crippen LogP contribution in [-0.2, 0) is 6.54 Å². The van der Waals surface area contributed by atoms with Gasteiger partial charge < -0.3 is 15.3 Å². The molecule has 22 heavy (non-hydrogen) atoms. The lowest BCUT2D eigenvalue weighted by molar-refractivity contribution is 0.185. The molecular weight excluding hydrogens is 296 g/mol. The van der Waals surface area contributed by atoms with Gasteiger partial charge in [-0.15, -0.1) is 11.8 Å². The topological polar surface area (TPSA) is 52.6 Å². The normalized spacial score (nSPS) is 10.3. The molecule has 5 heteroatoms. The van der Waals surface area contributed by atoms with Crippen molar-refractivity contribution in [3.63, 3.8) is 0 Å². The second-order valence-electron chi connectivity index (χ2n) is 4.76. The van der Waals surface area contributed by atoms with Gasteiger partial charge in [0.25, 0.3) is 0 Å². The quantitative estimate of drug-likeness (QED) is 0.803. The fraction of sp³-hybridized carbons (Fsp3) is 0.235. The average molecular weight is 316 g/mol. The number of nitrogens with one attached hydrogen (secondary N) is 1. The average Bonchev–Trinajstić information content (AvgIpc) is 2.56. The van der Waals surface area contributed by atoms with Gasteiger partial charge in [0.1, 0.15) is 0 Å². The fourth-order valence-corrected chi connectivity index (χ4v) is 2.67. The van der Waals surface area contributed by atoms with Gasteiger partial charge in [-0.25, -0.2) is 4.79 Å². The van der Waals surface area contributed by atoms with E-state index in [1.54, 1.807) is 16.7 Å². The molecule has 0 aliphatic carbocycles. The maximum Gasteiger partial charge on any atom is 0.322 e. The van der Waals surface area contributed by atoms with E-state index in [0.717, 1.165) is 16.1 Å². The van der Waals surface area contributed by atoms with Gasteiger partial charge in [-0.2, -0.15) is 0 Å². The molecule has 0 fully saturated rings. The van der Waals surface area contributed by atoms with Crippen LogP contribution in [0.2, 0.25) is 0 Å². The maximum atomic E-state index is 12.5. The Hall–Kier alpha value is -1.98. The molecule has 0 atom stereocenters. The molecule has 0 unspecified atom stereocenters. The minimum absolute atomic E-state index is 0.0651. The summed E-state index contributed by atoms with van der Waals surface area (Å²) in [6, 6.07) is 17.2. The monoisotopic (exact) mass is 316 g/mol. The van der Waals surface area contributed by atoms with Crippen LogP contribution in [0.3, 0.4) is 0 Å². The zero-order valence-electron chi connectivity index (χ0n) is 12.5. The first kappa shape index (κ1) is 16.4. The predicted molar refractivity (Wildman–Crippen MR) is 91.2 cm³/mol. The highest BCUT2D eigenvalue weighted by Crippen LogP contribution is 2.25. The summed E-state index contributed by atoms with van der Waals surface area (Å²) in [5.41, 5.74) is 1.82. The Morgan fingerprint density at radius 1 is 1.14 bits per heavy atom. The molecule has 2 rings (SSSR count). The number of nitrogens with zero attached hydrogens (tertiary/aromatic N) is 1. The van der Waals surface area contributed by atoms with E-state index in [0.29, 0.717) is 13.1 Å². The summed E-state index contributed by atoms with van der Waals surface area (Å²) in [7, 11) is 0. The van der Waals surface area contributed by atoms with E-state index >= 15 is 0 Å². The van der Waals surface area contributed by atoms with Crippen molar-refractivity contribution >= 4 is 23.5 Å². The molecule has 2 aromatic carbocycles. The number of benzene rings is 2. The first-order valence-electron chi connectivity index (χ1n) is 7.08. The van der Waals surface area contributed by atoms with Crippen LogP contribution in [0, 0.1) is 0 Å². The van der Waals surface area contributed by atoms with Gasteiger partial charge in [-0.3, -0.25) is 0 Å². The molecule has 2 N–H and O–H groups in total. The molecule has 0 heterocycles. The lowest BCUT2D eigenvalue weighted by atomic mass is 10.2. The third-order valence-electron chi connectivity index (χ3n) is 3.22. The van der Waals surface area contributed by atoms with Gasteiger partial charge in [0.05, 0.1) is 12.3 Å². The predicted octanol–water partition coefficient (Wildman–Crippen LogP) is 3.43. The smallest absolute Gasteiger partial charge is 0.322 e. The third kappa shape index (κ3) is 4.51. The number of thioether (sulfide) groups is 1. The summed E-state index contributed by atoms with van der Waals surface area (Å²) in [5.74, 6) is 0. The minimum atomic E-state index is -0.209. The van der Waals surface area contributed by atoms with Crippen LogP contribution in [0.5, 0.6) is 0 Å². The van der Waals surface area contributed by atoms with Gasteiger partial charge >= 0.3 is 6.03 Å². The van der Waals surface area contributed by atoms with Crippen molar-refractivity contribution in [1.29, 1.82) is 0 Å². The first-order chi connectivity index (χ1) is 10.7. The second-order valence-corrected chi connectivity index (χ2v) is 5.61. The Bertz CT molecular complexity index is 605. The van der Waals surface area contributed by atoms with Crippen LogP contribution in [0.15, 0.2) is 59.5 Å². The van der Waals surface area contributed by atoms with E-state index in [1.165, 1.54) is 0 Å².